The van der Waals surface area contributed by atoms with Crippen LogP contribution in [-0.2, 0) is 13.5 Å². The molecule has 1 aliphatic rings. The summed E-state index contributed by atoms with van der Waals surface area (Å²) in [5, 5.41) is 5.01. The average molecular weight is 326 g/mol. The SMILES string of the molecule is CC1CC(c2c(CC(C)(C)N)n(C)c3ccccc23)=CC(C)(C)N1. The number of nitrogens with one attached hydrogen (secondary N) is 1. The van der Waals surface area contributed by atoms with Crippen molar-refractivity contribution in [3.8, 4) is 0 Å². The van der Waals surface area contributed by atoms with Crippen LogP contribution in [0.3, 0.4) is 0 Å². The molecule has 2 aromatic rings. The molecule has 0 radical (unpaired) electrons. The molecule has 3 nitrogen and oxygen atoms in total. The van der Waals surface area contributed by atoms with Crippen molar-refractivity contribution in [3.63, 3.8) is 0 Å². The molecule has 1 atom stereocenters. The number of hydrogen-bond acceptors (Lipinski definition) is 2. The quantitative estimate of drug-likeness (QED) is 0.895. The van der Waals surface area contributed by atoms with E-state index in [9.17, 15) is 0 Å². The Balaban J connectivity index is 2.26. The van der Waals surface area contributed by atoms with Gasteiger partial charge >= 0.3 is 0 Å². The summed E-state index contributed by atoms with van der Waals surface area (Å²) in [4.78, 5) is 0. The highest BCUT2D eigenvalue weighted by Gasteiger charge is 2.29. The second-order valence-corrected chi connectivity index (χ2v) is 8.70. The summed E-state index contributed by atoms with van der Waals surface area (Å²) >= 11 is 0. The van der Waals surface area contributed by atoms with Crippen LogP contribution in [0.2, 0.25) is 0 Å². The van der Waals surface area contributed by atoms with Crippen molar-refractivity contribution in [1.29, 1.82) is 0 Å². The van der Waals surface area contributed by atoms with Crippen LogP contribution in [0.5, 0.6) is 0 Å². The molecule has 0 aliphatic carbocycles. The monoisotopic (exact) mass is 325 g/mol. The smallest absolute Gasteiger partial charge is 0.0486 e. The van der Waals surface area contributed by atoms with Gasteiger partial charge in [-0.1, -0.05) is 24.3 Å². The Labute approximate surface area is 145 Å². The van der Waals surface area contributed by atoms with Crippen molar-refractivity contribution in [2.45, 2.75) is 64.6 Å². The Hall–Kier alpha value is -1.58. The number of benzene rings is 1. The Morgan fingerprint density at radius 2 is 1.96 bits per heavy atom. The van der Waals surface area contributed by atoms with E-state index in [2.05, 4.69) is 81.9 Å². The summed E-state index contributed by atoms with van der Waals surface area (Å²) in [6, 6.07) is 9.18. The molecule has 0 fully saturated rings. The van der Waals surface area contributed by atoms with Crippen molar-refractivity contribution < 1.29 is 0 Å². The van der Waals surface area contributed by atoms with Gasteiger partial charge < -0.3 is 15.6 Å². The number of aromatic nitrogens is 1. The number of nitrogens with two attached hydrogens (primary N) is 1. The number of rotatable bonds is 3. The molecular formula is C21H31N3. The van der Waals surface area contributed by atoms with Crippen molar-refractivity contribution in [3.05, 3.63) is 41.6 Å². The molecule has 0 amide bonds. The van der Waals surface area contributed by atoms with Gasteiger partial charge in [0, 0.05) is 52.7 Å². The first-order valence-electron chi connectivity index (χ1n) is 8.92. The molecular weight excluding hydrogens is 294 g/mol. The zero-order valence-electron chi connectivity index (χ0n) is 15.9. The highest BCUT2D eigenvalue weighted by atomic mass is 15.0. The summed E-state index contributed by atoms with van der Waals surface area (Å²) in [6.45, 7) is 11.0. The Bertz CT molecular complexity index is 787. The van der Waals surface area contributed by atoms with Crippen LogP contribution < -0.4 is 11.1 Å². The number of aryl methyl sites for hydroxylation is 1. The fourth-order valence-corrected chi connectivity index (χ4v) is 4.17. The van der Waals surface area contributed by atoms with E-state index >= 15 is 0 Å². The zero-order valence-corrected chi connectivity index (χ0v) is 15.9. The van der Waals surface area contributed by atoms with Crippen LogP contribution in [-0.4, -0.2) is 21.7 Å². The van der Waals surface area contributed by atoms with E-state index in [1.165, 1.54) is 27.7 Å². The lowest BCUT2D eigenvalue weighted by Crippen LogP contribution is -2.46. The maximum Gasteiger partial charge on any atom is 0.0486 e. The third-order valence-electron chi connectivity index (χ3n) is 4.85. The van der Waals surface area contributed by atoms with Gasteiger partial charge in [0.05, 0.1) is 0 Å². The maximum atomic E-state index is 6.39. The Morgan fingerprint density at radius 3 is 2.58 bits per heavy atom. The average Bonchev–Trinajstić information content (AvgIpc) is 2.68. The van der Waals surface area contributed by atoms with Gasteiger partial charge in [-0.25, -0.2) is 0 Å². The third-order valence-corrected chi connectivity index (χ3v) is 4.85. The molecule has 1 aliphatic heterocycles. The van der Waals surface area contributed by atoms with E-state index in [1.807, 2.05) is 0 Å². The van der Waals surface area contributed by atoms with Crippen molar-refractivity contribution in [2.75, 3.05) is 0 Å². The van der Waals surface area contributed by atoms with Gasteiger partial charge in [-0.3, -0.25) is 0 Å². The number of fused-ring (bicyclic) bond motifs is 1. The van der Waals surface area contributed by atoms with Gasteiger partial charge in [0.1, 0.15) is 0 Å². The second-order valence-electron chi connectivity index (χ2n) is 8.70. The zero-order chi connectivity index (χ0) is 17.7. The van der Waals surface area contributed by atoms with E-state index in [-0.39, 0.29) is 11.1 Å². The molecule has 1 aromatic heterocycles. The lowest BCUT2D eigenvalue weighted by atomic mass is 9.85. The van der Waals surface area contributed by atoms with Gasteiger partial charge in [0.25, 0.3) is 0 Å². The fraction of sp³-hybridized carbons (Fsp3) is 0.524. The number of hydrogen-bond donors (Lipinski definition) is 2. The molecule has 3 heteroatoms. The first kappa shape index (κ1) is 17.2. The second kappa shape index (κ2) is 5.75. The first-order valence-corrected chi connectivity index (χ1v) is 8.92. The normalized spacial score (nSPS) is 21.1. The highest BCUT2D eigenvalue weighted by molar-refractivity contribution is 5.95. The van der Waals surface area contributed by atoms with E-state index in [1.54, 1.807) is 0 Å². The number of para-hydroxylation sites is 1. The summed E-state index contributed by atoms with van der Waals surface area (Å²) < 4.78 is 2.33. The molecule has 2 heterocycles. The van der Waals surface area contributed by atoms with E-state index < -0.39 is 0 Å². The summed E-state index contributed by atoms with van der Waals surface area (Å²) in [7, 11) is 2.17. The first-order chi connectivity index (χ1) is 11.1. The van der Waals surface area contributed by atoms with Gasteiger partial charge in [-0.05, 0) is 52.7 Å². The summed E-state index contributed by atoms with van der Waals surface area (Å²) in [5.41, 5.74) is 11.7. The third kappa shape index (κ3) is 3.28. The Kier molecular flexibility index (Phi) is 4.13. The van der Waals surface area contributed by atoms with Crippen molar-refractivity contribution >= 4 is 16.5 Å². The highest BCUT2D eigenvalue weighted by Crippen LogP contribution is 2.37. The molecule has 1 unspecified atom stereocenters. The van der Waals surface area contributed by atoms with Gasteiger partial charge in [0.15, 0.2) is 0 Å². The molecule has 0 saturated carbocycles. The lowest BCUT2D eigenvalue weighted by molar-refractivity contribution is 0.398. The topological polar surface area (TPSA) is 43.0 Å². The van der Waals surface area contributed by atoms with Crippen LogP contribution in [0.15, 0.2) is 30.3 Å². The van der Waals surface area contributed by atoms with Crippen LogP contribution in [0.25, 0.3) is 16.5 Å². The number of nitrogens with zero attached hydrogens (tertiary/aromatic N) is 1. The van der Waals surface area contributed by atoms with Crippen LogP contribution >= 0.6 is 0 Å². The summed E-state index contributed by atoms with van der Waals surface area (Å²) in [5.74, 6) is 0. The van der Waals surface area contributed by atoms with E-state index in [0.29, 0.717) is 6.04 Å². The van der Waals surface area contributed by atoms with Gasteiger partial charge in [0.2, 0.25) is 0 Å². The molecule has 3 N–H and O–H groups in total. The van der Waals surface area contributed by atoms with Crippen LogP contribution in [0, 0.1) is 0 Å². The molecule has 0 bridgehead atoms. The molecule has 130 valence electrons. The standard InChI is InChI=1S/C21H31N3/c1-14-11-15(12-21(4,5)23-14)19-16-9-7-8-10-17(16)24(6)18(19)13-20(2,3)22/h7-10,12,14,23H,11,13,22H2,1-6H3. The predicted octanol–water partition coefficient (Wildman–Crippen LogP) is 4.00. The van der Waals surface area contributed by atoms with E-state index in [0.717, 1.165) is 12.8 Å². The van der Waals surface area contributed by atoms with Crippen molar-refractivity contribution in [1.82, 2.24) is 9.88 Å². The van der Waals surface area contributed by atoms with E-state index in [4.69, 9.17) is 5.73 Å². The molecule has 3 rings (SSSR count). The maximum absolute atomic E-state index is 6.39. The van der Waals surface area contributed by atoms with Gasteiger partial charge in [-0.2, -0.15) is 0 Å². The predicted molar refractivity (Wildman–Crippen MR) is 104 cm³/mol. The van der Waals surface area contributed by atoms with Crippen LogP contribution in [0.1, 0.15) is 52.3 Å². The van der Waals surface area contributed by atoms with Crippen molar-refractivity contribution in [2.24, 2.45) is 12.8 Å². The fourth-order valence-electron chi connectivity index (χ4n) is 4.17. The largest absolute Gasteiger partial charge is 0.347 e. The molecule has 24 heavy (non-hydrogen) atoms. The molecule has 1 aromatic carbocycles. The van der Waals surface area contributed by atoms with Gasteiger partial charge in [-0.15, -0.1) is 0 Å². The Morgan fingerprint density at radius 1 is 1.29 bits per heavy atom. The minimum Gasteiger partial charge on any atom is -0.347 e. The van der Waals surface area contributed by atoms with Crippen LogP contribution in [0.4, 0.5) is 0 Å². The minimum atomic E-state index is -0.231. The molecule has 0 spiro atoms. The molecule has 0 saturated heterocycles. The lowest BCUT2D eigenvalue weighted by Gasteiger charge is -2.34. The summed E-state index contributed by atoms with van der Waals surface area (Å²) in [6.07, 6.45) is 4.32. The minimum absolute atomic E-state index is 0.0133.